The first-order valence-corrected chi connectivity index (χ1v) is 4.42. The monoisotopic (exact) mass is 198 g/mol. The lowest BCUT2D eigenvalue weighted by atomic mass is 10.1. The molecule has 14 heavy (non-hydrogen) atoms. The van der Waals surface area contributed by atoms with E-state index in [1.54, 1.807) is 12.1 Å². The van der Waals surface area contributed by atoms with Crippen LogP contribution in [0.3, 0.4) is 0 Å². The lowest BCUT2D eigenvalue weighted by Crippen LogP contribution is -2.01. The van der Waals surface area contributed by atoms with Gasteiger partial charge in [0.1, 0.15) is 5.75 Å². The van der Waals surface area contributed by atoms with E-state index in [1.807, 2.05) is 0 Å². The Hall–Kier alpha value is -1.16. The van der Waals surface area contributed by atoms with E-state index < -0.39 is 6.61 Å². The predicted molar refractivity (Wildman–Crippen MR) is 48.5 cm³/mol. The maximum atomic E-state index is 11.8. The Bertz CT molecular complexity index is 312. The van der Waals surface area contributed by atoms with E-state index >= 15 is 0 Å². The van der Waals surface area contributed by atoms with Gasteiger partial charge in [-0.1, -0.05) is 18.6 Å². The van der Waals surface area contributed by atoms with Crippen LogP contribution in [-0.2, 0) is 0 Å². The molecule has 1 aliphatic rings. The van der Waals surface area contributed by atoms with Crippen molar-refractivity contribution in [2.75, 3.05) is 0 Å². The van der Waals surface area contributed by atoms with Crippen LogP contribution < -0.4 is 4.74 Å². The van der Waals surface area contributed by atoms with Crippen molar-refractivity contribution in [1.82, 2.24) is 0 Å². The number of alkyl halides is 2. The first-order valence-electron chi connectivity index (χ1n) is 4.42. The van der Waals surface area contributed by atoms with Crippen molar-refractivity contribution in [3.8, 4) is 5.75 Å². The summed E-state index contributed by atoms with van der Waals surface area (Å²) in [6.07, 6.45) is 0.870. The Morgan fingerprint density at radius 1 is 1.29 bits per heavy atom. The molecule has 2 rings (SSSR count). The van der Waals surface area contributed by atoms with Crippen LogP contribution in [-0.4, -0.2) is 12.7 Å². The molecule has 0 heterocycles. The maximum Gasteiger partial charge on any atom is 0.387 e. The summed E-state index contributed by atoms with van der Waals surface area (Å²) in [5, 5.41) is 0. The molecule has 1 fully saturated rings. The second-order valence-corrected chi connectivity index (χ2v) is 3.40. The van der Waals surface area contributed by atoms with Gasteiger partial charge in [0.15, 0.2) is 0 Å². The van der Waals surface area contributed by atoms with Crippen LogP contribution in [0.4, 0.5) is 8.78 Å². The van der Waals surface area contributed by atoms with Gasteiger partial charge in [-0.3, -0.25) is 0 Å². The molecule has 0 aliphatic heterocycles. The fourth-order valence-corrected chi connectivity index (χ4v) is 1.46. The molecule has 1 saturated carbocycles. The van der Waals surface area contributed by atoms with Crippen molar-refractivity contribution in [2.24, 2.45) is 0 Å². The Morgan fingerprint density at radius 3 is 2.29 bits per heavy atom. The second-order valence-electron chi connectivity index (χ2n) is 3.40. The first-order chi connectivity index (χ1) is 6.66. The molecule has 1 aromatic carbocycles. The van der Waals surface area contributed by atoms with Crippen LogP contribution in [0.1, 0.15) is 17.9 Å². The lowest BCUT2D eigenvalue weighted by molar-refractivity contribution is -0.0498. The highest BCUT2D eigenvalue weighted by molar-refractivity contribution is 5.34. The Kier molecular flexibility index (Phi) is 2.37. The summed E-state index contributed by atoms with van der Waals surface area (Å²) in [4.78, 5) is 0. The molecule has 0 spiro atoms. The molecule has 0 aromatic heterocycles. The second kappa shape index (κ2) is 3.53. The van der Waals surface area contributed by atoms with Gasteiger partial charge < -0.3 is 10.5 Å². The van der Waals surface area contributed by atoms with Gasteiger partial charge in [-0.25, -0.2) is 0 Å². The summed E-state index contributed by atoms with van der Waals surface area (Å²) in [5.41, 5.74) is 8.44. The van der Waals surface area contributed by atoms with Gasteiger partial charge in [0.25, 0.3) is 0 Å². The molecular weight excluding hydrogens is 188 g/mol. The van der Waals surface area contributed by atoms with Crippen LogP contribution in [0.15, 0.2) is 24.3 Å². The Labute approximate surface area is 80.7 Å². The van der Waals surface area contributed by atoms with Crippen LogP contribution in [0.25, 0.3) is 5.73 Å². The zero-order valence-electron chi connectivity index (χ0n) is 7.41. The molecule has 1 aromatic rings. The molecule has 76 valence electrons. The van der Waals surface area contributed by atoms with Gasteiger partial charge in [0.2, 0.25) is 0 Å². The number of ether oxygens (including phenoxy) is 1. The number of hydrogen-bond donors (Lipinski definition) is 0. The fourth-order valence-electron chi connectivity index (χ4n) is 1.46. The SMILES string of the molecule is [NH-]C1CC1c1ccc(OC(F)F)cc1. The van der Waals surface area contributed by atoms with Gasteiger partial charge in [-0.15, -0.1) is 6.04 Å². The van der Waals surface area contributed by atoms with Crippen molar-refractivity contribution in [1.29, 1.82) is 0 Å². The smallest absolute Gasteiger partial charge is 0.387 e. The van der Waals surface area contributed by atoms with Gasteiger partial charge in [0.05, 0.1) is 0 Å². The zero-order chi connectivity index (χ0) is 10.1. The van der Waals surface area contributed by atoms with Gasteiger partial charge in [-0.05, 0) is 23.6 Å². The molecule has 4 heteroatoms. The number of nitrogens with one attached hydrogen (secondary N) is 1. The minimum Gasteiger partial charge on any atom is -0.674 e. The van der Waals surface area contributed by atoms with E-state index in [-0.39, 0.29) is 17.7 Å². The Morgan fingerprint density at radius 2 is 1.86 bits per heavy atom. The third-order valence-corrected chi connectivity index (χ3v) is 2.32. The van der Waals surface area contributed by atoms with Crippen LogP contribution >= 0.6 is 0 Å². The van der Waals surface area contributed by atoms with Crippen molar-refractivity contribution in [3.63, 3.8) is 0 Å². The maximum absolute atomic E-state index is 11.8. The molecule has 1 aliphatic carbocycles. The summed E-state index contributed by atoms with van der Waals surface area (Å²) >= 11 is 0. The molecule has 0 bridgehead atoms. The normalized spacial score (nSPS) is 25.1. The van der Waals surface area contributed by atoms with E-state index in [1.165, 1.54) is 12.1 Å². The van der Waals surface area contributed by atoms with E-state index in [4.69, 9.17) is 5.73 Å². The zero-order valence-corrected chi connectivity index (χ0v) is 7.41. The van der Waals surface area contributed by atoms with Crippen molar-refractivity contribution < 1.29 is 13.5 Å². The number of hydrogen-bond acceptors (Lipinski definition) is 1. The number of benzene rings is 1. The number of rotatable bonds is 3. The standard InChI is InChI=1S/C10H10F2NO/c11-10(12)14-7-3-1-6(2-4-7)8-5-9(8)13/h1-4,8-10,13H,5H2/q-1. The summed E-state index contributed by atoms with van der Waals surface area (Å²) < 4.78 is 27.8. The molecule has 2 atom stereocenters. The quantitative estimate of drug-likeness (QED) is 0.734. The average molecular weight is 198 g/mol. The van der Waals surface area contributed by atoms with Gasteiger partial charge >= 0.3 is 6.61 Å². The highest BCUT2D eigenvalue weighted by Gasteiger charge is 2.27. The van der Waals surface area contributed by atoms with E-state index in [9.17, 15) is 8.78 Å². The van der Waals surface area contributed by atoms with E-state index in [2.05, 4.69) is 4.74 Å². The lowest BCUT2D eigenvalue weighted by Gasteiger charge is -2.05. The van der Waals surface area contributed by atoms with E-state index in [0.717, 1.165) is 12.0 Å². The first kappa shape index (κ1) is 9.40. The van der Waals surface area contributed by atoms with Gasteiger partial charge in [-0.2, -0.15) is 8.78 Å². The molecule has 0 saturated heterocycles. The average Bonchev–Trinajstić information content (AvgIpc) is 2.83. The minimum absolute atomic E-state index is 0.0168. The van der Waals surface area contributed by atoms with Crippen LogP contribution in [0.2, 0.25) is 0 Å². The third-order valence-electron chi connectivity index (χ3n) is 2.32. The highest BCUT2D eigenvalue weighted by atomic mass is 19.3. The van der Waals surface area contributed by atoms with Crippen LogP contribution in [0, 0.1) is 0 Å². The van der Waals surface area contributed by atoms with Crippen LogP contribution in [0.5, 0.6) is 5.75 Å². The largest absolute Gasteiger partial charge is 0.674 e. The minimum atomic E-state index is -2.77. The van der Waals surface area contributed by atoms with E-state index in [0.29, 0.717) is 0 Å². The highest BCUT2D eigenvalue weighted by Crippen LogP contribution is 2.42. The summed E-state index contributed by atoms with van der Waals surface area (Å²) in [6.45, 7) is -2.77. The van der Waals surface area contributed by atoms with Crippen molar-refractivity contribution in [3.05, 3.63) is 35.6 Å². The predicted octanol–water partition coefficient (Wildman–Crippen LogP) is 3.20. The molecule has 2 unspecified atom stereocenters. The van der Waals surface area contributed by atoms with Crippen molar-refractivity contribution >= 4 is 0 Å². The molecular formula is C10H10F2NO-. The summed E-state index contributed by atoms with van der Waals surface area (Å²) in [6, 6.07) is 6.52. The summed E-state index contributed by atoms with van der Waals surface area (Å²) in [7, 11) is 0. The van der Waals surface area contributed by atoms with Gasteiger partial charge in [0, 0.05) is 0 Å². The topological polar surface area (TPSA) is 33.0 Å². The molecule has 0 amide bonds. The van der Waals surface area contributed by atoms with Crippen molar-refractivity contribution in [2.45, 2.75) is 25.0 Å². The Balaban J connectivity index is 2.03. The summed E-state index contributed by atoms with van der Waals surface area (Å²) in [5.74, 6) is 0.460. The number of halogens is 2. The molecule has 0 radical (unpaired) electrons. The molecule has 2 nitrogen and oxygen atoms in total. The molecule has 1 N–H and O–H groups in total. The fraction of sp³-hybridized carbons (Fsp3) is 0.400. The third kappa shape index (κ3) is 2.01.